The average Bonchev–Trinajstić information content (AvgIpc) is 2.85. The monoisotopic (exact) mass is 268 g/mol. The molecule has 0 saturated carbocycles. The van der Waals surface area contributed by atoms with E-state index in [4.69, 9.17) is 14.9 Å². The lowest BCUT2D eigenvalue weighted by Crippen LogP contribution is -2.20. The maximum Gasteiger partial charge on any atom is 0.437 e. The molecule has 0 amide bonds. The number of aromatic nitrogens is 2. The van der Waals surface area contributed by atoms with Crippen molar-refractivity contribution in [3.63, 3.8) is 0 Å². The van der Waals surface area contributed by atoms with Gasteiger partial charge in [0.05, 0.1) is 24.6 Å². The highest BCUT2D eigenvalue weighted by Crippen LogP contribution is 2.15. The zero-order valence-electron chi connectivity index (χ0n) is 10.7. The second kappa shape index (κ2) is 6.35. The van der Waals surface area contributed by atoms with Crippen LogP contribution in [0.3, 0.4) is 0 Å². The minimum absolute atomic E-state index is 0.132. The van der Waals surface area contributed by atoms with Gasteiger partial charge in [0.25, 0.3) is 0 Å². The fourth-order valence-electron chi connectivity index (χ4n) is 1.76. The number of hydrogen-bond donors (Lipinski definition) is 0. The summed E-state index contributed by atoms with van der Waals surface area (Å²) in [5, 5.41) is 21.6. The molecule has 0 fully saturated rings. The molecule has 6 heteroatoms. The summed E-state index contributed by atoms with van der Waals surface area (Å²) in [6, 6.07) is 13.1. The molecule has 6 nitrogen and oxygen atoms in total. The fraction of sp³-hybridized carbons (Fsp3) is 0.286. The van der Waals surface area contributed by atoms with Gasteiger partial charge < -0.3 is 4.42 Å². The van der Waals surface area contributed by atoms with Crippen molar-refractivity contribution in [3.05, 3.63) is 40.9 Å². The first-order valence-electron chi connectivity index (χ1n) is 6.14. The number of nitriles is 2. The lowest BCUT2D eigenvalue weighted by molar-refractivity contribution is 0.430. The van der Waals surface area contributed by atoms with E-state index < -0.39 is 11.7 Å². The van der Waals surface area contributed by atoms with Crippen LogP contribution in [0.4, 0.5) is 0 Å². The van der Waals surface area contributed by atoms with Crippen LogP contribution in [0.1, 0.15) is 12.8 Å². The number of benzene rings is 1. The van der Waals surface area contributed by atoms with Gasteiger partial charge in [-0.15, -0.1) is 5.10 Å². The van der Waals surface area contributed by atoms with Crippen LogP contribution >= 0.6 is 0 Å². The Hall–Kier alpha value is -2.86. The standard InChI is InChI=1S/C14H12N4O2/c15-8-4-5-11(9-16)10-18-14(19)20-13(17-18)12-6-2-1-3-7-12/h1-3,6-7,11H,4-5,10H2/t11-/m1/s1. The van der Waals surface area contributed by atoms with Crippen molar-refractivity contribution in [2.45, 2.75) is 19.4 Å². The van der Waals surface area contributed by atoms with E-state index in [0.29, 0.717) is 12.0 Å². The minimum Gasteiger partial charge on any atom is -0.388 e. The summed E-state index contributed by atoms with van der Waals surface area (Å²) < 4.78 is 6.20. The number of hydrogen-bond acceptors (Lipinski definition) is 5. The summed E-state index contributed by atoms with van der Waals surface area (Å²) in [4.78, 5) is 11.7. The molecule has 100 valence electrons. The Morgan fingerprint density at radius 2 is 2.05 bits per heavy atom. The topological polar surface area (TPSA) is 95.6 Å². The van der Waals surface area contributed by atoms with Crippen LogP contribution in [0.15, 0.2) is 39.5 Å². The summed E-state index contributed by atoms with van der Waals surface area (Å²) in [6.07, 6.45) is 0.684. The van der Waals surface area contributed by atoms with Crippen molar-refractivity contribution in [1.29, 1.82) is 10.5 Å². The fourth-order valence-corrected chi connectivity index (χ4v) is 1.76. The molecule has 1 atom stereocenters. The van der Waals surface area contributed by atoms with Crippen molar-refractivity contribution in [3.8, 4) is 23.6 Å². The zero-order chi connectivity index (χ0) is 14.4. The molecule has 1 heterocycles. The van der Waals surface area contributed by atoms with Gasteiger partial charge in [-0.25, -0.2) is 4.79 Å². The zero-order valence-corrected chi connectivity index (χ0v) is 10.7. The van der Waals surface area contributed by atoms with Crippen LogP contribution in [0.25, 0.3) is 11.5 Å². The Bertz CT molecular complexity index is 703. The normalized spacial score (nSPS) is 11.5. The summed E-state index contributed by atoms with van der Waals surface area (Å²) >= 11 is 0. The molecule has 0 unspecified atom stereocenters. The Labute approximate surface area is 115 Å². The van der Waals surface area contributed by atoms with E-state index in [1.165, 1.54) is 0 Å². The third-order valence-corrected chi connectivity index (χ3v) is 2.81. The predicted octanol–water partition coefficient (Wildman–Crippen LogP) is 1.95. The van der Waals surface area contributed by atoms with Crippen molar-refractivity contribution >= 4 is 0 Å². The van der Waals surface area contributed by atoms with E-state index in [1.54, 1.807) is 12.1 Å². The van der Waals surface area contributed by atoms with Gasteiger partial charge in [-0.1, -0.05) is 18.2 Å². The summed E-state index contributed by atoms with van der Waals surface area (Å²) in [5.74, 6) is -0.797. The SMILES string of the molecule is N#CCC[C@H](C#N)Cn1nc(-c2ccccc2)oc1=O. The molecule has 0 aliphatic carbocycles. The van der Waals surface area contributed by atoms with E-state index in [9.17, 15) is 4.79 Å². The highest BCUT2D eigenvalue weighted by molar-refractivity contribution is 5.51. The second-order valence-corrected chi connectivity index (χ2v) is 4.24. The van der Waals surface area contributed by atoms with Gasteiger partial charge in [0, 0.05) is 12.0 Å². The van der Waals surface area contributed by atoms with E-state index in [1.807, 2.05) is 24.3 Å². The molecular weight excluding hydrogens is 256 g/mol. The summed E-state index contributed by atoms with van der Waals surface area (Å²) in [5.41, 5.74) is 0.703. The maximum atomic E-state index is 11.7. The molecule has 1 aromatic carbocycles. The Morgan fingerprint density at radius 1 is 1.30 bits per heavy atom. The van der Waals surface area contributed by atoms with Gasteiger partial charge >= 0.3 is 5.76 Å². The molecule has 0 N–H and O–H groups in total. The van der Waals surface area contributed by atoms with Crippen molar-refractivity contribution in [2.75, 3.05) is 0 Å². The lowest BCUT2D eigenvalue weighted by atomic mass is 10.1. The van der Waals surface area contributed by atoms with Crippen LogP contribution in [0.5, 0.6) is 0 Å². The largest absolute Gasteiger partial charge is 0.437 e. The van der Waals surface area contributed by atoms with Crippen LogP contribution in [-0.4, -0.2) is 9.78 Å². The molecule has 0 aliphatic heterocycles. The van der Waals surface area contributed by atoms with Crippen LogP contribution in [0, 0.1) is 28.6 Å². The van der Waals surface area contributed by atoms with Gasteiger partial charge in [0.15, 0.2) is 0 Å². The van der Waals surface area contributed by atoms with Gasteiger partial charge in [0.2, 0.25) is 5.89 Å². The van der Waals surface area contributed by atoms with Crippen molar-refractivity contribution in [2.24, 2.45) is 5.92 Å². The number of rotatable bonds is 5. The molecule has 2 aromatic rings. The third kappa shape index (κ3) is 3.12. The van der Waals surface area contributed by atoms with Crippen LogP contribution in [0.2, 0.25) is 0 Å². The molecule has 0 radical (unpaired) electrons. The van der Waals surface area contributed by atoms with E-state index >= 15 is 0 Å². The average molecular weight is 268 g/mol. The van der Waals surface area contributed by atoms with E-state index in [0.717, 1.165) is 4.68 Å². The molecule has 0 aliphatic rings. The van der Waals surface area contributed by atoms with Gasteiger partial charge in [-0.3, -0.25) is 0 Å². The Balaban J connectivity index is 2.19. The highest BCUT2D eigenvalue weighted by atomic mass is 16.4. The van der Waals surface area contributed by atoms with E-state index in [-0.39, 0.29) is 18.9 Å². The van der Waals surface area contributed by atoms with Crippen LogP contribution in [-0.2, 0) is 6.54 Å². The first kappa shape index (κ1) is 13.6. The molecule has 0 spiro atoms. The molecule has 0 bridgehead atoms. The first-order valence-corrected chi connectivity index (χ1v) is 6.14. The summed E-state index contributed by atoms with van der Waals surface area (Å²) in [7, 11) is 0. The first-order chi connectivity index (χ1) is 9.74. The lowest BCUT2D eigenvalue weighted by Gasteiger charge is -2.04. The van der Waals surface area contributed by atoms with Gasteiger partial charge in [-0.05, 0) is 18.6 Å². The predicted molar refractivity (Wildman–Crippen MR) is 70.1 cm³/mol. The van der Waals surface area contributed by atoms with E-state index in [2.05, 4.69) is 11.2 Å². The molecule has 0 saturated heterocycles. The third-order valence-electron chi connectivity index (χ3n) is 2.81. The molecule has 20 heavy (non-hydrogen) atoms. The smallest absolute Gasteiger partial charge is 0.388 e. The van der Waals surface area contributed by atoms with Crippen LogP contribution < -0.4 is 5.76 Å². The van der Waals surface area contributed by atoms with Gasteiger partial charge in [-0.2, -0.15) is 15.2 Å². The summed E-state index contributed by atoms with van der Waals surface area (Å²) in [6.45, 7) is 0.132. The Morgan fingerprint density at radius 3 is 2.70 bits per heavy atom. The second-order valence-electron chi connectivity index (χ2n) is 4.24. The van der Waals surface area contributed by atoms with Crippen molar-refractivity contribution in [1.82, 2.24) is 9.78 Å². The highest BCUT2D eigenvalue weighted by Gasteiger charge is 2.14. The minimum atomic E-state index is -0.596. The molecular formula is C14H12N4O2. The molecule has 2 rings (SSSR count). The van der Waals surface area contributed by atoms with Crippen molar-refractivity contribution < 1.29 is 4.42 Å². The quantitative estimate of drug-likeness (QED) is 0.825. The maximum absolute atomic E-state index is 11.7. The van der Waals surface area contributed by atoms with Gasteiger partial charge in [0.1, 0.15) is 0 Å². The molecule has 1 aromatic heterocycles. The number of nitrogens with zero attached hydrogens (tertiary/aromatic N) is 4. The Kier molecular flexibility index (Phi) is 4.31.